The topological polar surface area (TPSA) is 182 Å². The molecule has 0 aliphatic rings. The number of benzene rings is 15. The molecule has 0 saturated heterocycles. The number of rotatable bonds is 9. The third-order valence-electron chi connectivity index (χ3n) is 28.8. The second-order valence-corrected chi connectivity index (χ2v) is 36.8. The van der Waals surface area contributed by atoms with Gasteiger partial charge in [0.05, 0.1) is 128 Å². The molecule has 31 aromatic rings. The van der Waals surface area contributed by atoms with Gasteiger partial charge in [0.25, 0.3) is 0 Å². The number of nitrogens with zero attached hydrogens (tertiary/aromatic N) is 16. The Labute approximate surface area is 826 Å². The van der Waals surface area contributed by atoms with E-state index in [2.05, 4.69) is 334 Å². The van der Waals surface area contributed by atoms with Crippen LogP contribution in [0.2, 0.25) is 0 Å². The highest BCUT2D eigenvalue weighted by Crippen LogP contribution is 2.48. The minimum Gasteiger partial charge on any atom is -0.309 e. The van der Waals surface area contributed by atoms with E-state index in [9.17, 15) is 0 Å². The molecule has 0 aliphatic carbocycles. The van der Waals surface area contributed by atoms with Gasteiger partial charge in [0.15, 0.2) is 0 Å². The fourth-order valence-corrected chi connectivity index (χ4v) is 22.2. The predicted molar refractivity (Wildman–Crippen MR) is 594 cm³/mol. The number of para-hydroxylation sites is 1. The molecule has 16 aromatic heterocycles. The molecule has 0 atom stereocenters. The van der Waals surface area contributed by atoms with Crippen LogP contribution in [0.1, 0.15) is 0 Å². The molecule has 0 N–H and O–H groups in total. The third-order valence-corrected chi connectivity index (χ3v) is 28.8. The van der Waals surface area contributed by atoms with Crippen LogP contribution >= 0.6 is 0 Å². The molecular formula is C129H76N16. The summed E-state index contributed by atoms with van der Waals surface area (Å²) in [5.74, 6) is 0. The van der Waals surface area contributed by atoms with Gasteiger partial charge in [-0.25, -0.2) is 4.98 Å². The van der Waals surface area contributed by atoms with E-state index >= 15 is 0 Å². The zero-order chi connectivity index (χ0) is 95.3. The van der Waals surface area contributed by atoms with Crippen molar-refractivity contribution in [2.75, 3.05) is 0 Å². The molecule has 0 unspecified atom stereocenters. The van der Waals surface area contributed by atoms with Gasteiger partial charge in [0.1, 0.15) is 0 Å². The van der Waals surface area contributed by atoms with Crippen molar-refractivity contribution in [3.63, 3.8) is 0 Å². The van der Waals surface area contributed by atoms with Crippen molar-refractivity contribution in [3.05, 3.63) is 463 Å². The lowest BCUT2D eigenvalue weighted by atomic mass is 9.98. The molecule has 0 spiro atoms. The summed E-state index contributed by atoms with van der Waals surface area (Å²) >= 11 is 0. The third kappa shape index (κ3) is 13.5. The van der Waals surface area contributed by atoms with E-state index < -0.39 is 0 Å². The molecule has 145 heavy (non-hydrogen) atoms. The van der Waals surface area contributed by atoms with E-state index in [1.807, 2.05) is 147 Å². The second kappa shape index (κ2) is 33.4. The number of aromatic nitrogens is 16. The highest BCUT2D eigenvalue weighted by Gasteiger charge is 2.26. The second-order valence-electron chi connectivity index (χ2n) is 36.8. The van der Waals surface area contributed by atoms with E-state index in [1.165, 1.54) is 70.0 Å². The first-order valence-electron chi connectivity index (χ1n) is 48.4. The quantitative estimate of drug-likeness (QED) is 0.125. The molecule has 31 rings (SSSR count). The molecular weight excluding hydrogens is 1770 g/mol. The molecule has 16 heterocycles. The maximum atomic E-state index is 5.04. The molecule has 0 aliphatic heterocycles. The lowest BCUT2D eigenvalue weighted by Gasteiger charge is -2.13. The van der Waals surface area contributed by atoms with Crippen LogP contribution in [0.3, 0.4) is 0 Å². The molecule has 16 heteroatoms. The smallest absolute Gasteiger partial charge is 0.0985 e. The van der Waals surface area contributed by atoms with Gasteiger partial charge in [-0.3, -0.25) is 59.8 Å². The van der Waals surface area contributed by atoms with E-state index in [0.29, 0.717) is 0 Å². The Balaban J connectivity index is 0.000000103. The molecule has 15 aromatic carbocycles. The van der Waals surface area contributed by atoms with Crippen LogP contribution in [0.15, 0.2) is 463 Å². The summed E-state index contributed by atoms with van der Waals surface area (Å²) in [4.78, 5) is 62.4. The maximum Gasteiger partial charge on any atom is 0.0985 e. The maximum absolute atomic E-state index is 5.04. The van der Waals surface area contributed by atoms with Crippen molar-refractivity contribution in [1.29, 1.82) is 0 Å². The molecule has 0 bridgehead atoms. The molecule has 0 amide bonds. The van der Waals surface area contributed by atoms with Crippen LogP contribution in [0, 0.1) is 0 Å². The largest absolute Gasteiger partial charge is 0.309 e. The molecule has 0 radical (unpaired) electrons. The first kappa shape index (κ1) is 82.1. The van der Waals surface area contributed by atoms with Crippen LogP contribution in [0.25, 0.3) is 291 Å². The van der Waals surface area contributed by atoms with E-state index in [-0.39, 0.29) is 0 Å². The minimum atomic E-state index is 0.897. The Morgan fingerprint density at radius 3 is 0.876 bits per heavy atom. The predicted octanol–water partition coefficient (Wildman–Crippen LogP) is 31.5. The van der Waals surface area contributed by atoms with Crippen LogP contribution in [-0.4, -0.2) is 78.5 Å². The standard InChI is InChI=1S/C45H26N6.2C42H25N5/c1-2-10-32-27(7-1)14-18-39-41(32)36-23-28(15-17-38(36)51(39)40-25-30-9-4-20-47-43(30)45-34(40)12-6-22-49-45)37-16-13-31(26-50-37)35-24-29-8-3-19-46-42(29)44-33(35)11-5-21-48-44;1-3-10-31-26(7-1)15-20-38-40(31)33-23-28(34-17-14-30(25-45-34)36-18-13-27-8-2-4-12-35(27)46-36)16-19-37(33)47(38)39-24-29-9-5-21-43-41(29)42-32(39)11-6-22-44-42;1-3-10-31-26(7-1)14-18-37-39(31)34-23-28(35-16-13-30(25-46-35)40-32-11-4-2-8-27(32)19-22-45-40)15-17-36(34)47(37)38-24-29-9-5-20-43-41(29)42-33(38)12-6-21-44-42/h1-26H;2*1-25H. The van der Waals surface area contributed by atoms with Crippen molar-refractivity contribution >= 4 is 207 Å². The van der Waals surface area contributed by atoms with E-state index in [4.69, 9.17) is 59.8 Å². The Morgan fingerprint density at radius 2 is 0.462 bits per heavy atom. The zero-order valence-corrected chi connectivity index (χ0v) is 77.5. The number of hydrogen-bond acceptors (Lipinski definition) is 13. The molecule has 0 fully saturated rings. The van der Waals surface area contributed by atoms with Gasteiger partial charge in [-0.15, -0.1) is 0 Å². The Hall–Kier alpha value is -20.0. The van der Waals surface area contributed by atoms with Gasteiger partial charge in [-0.2, -0.15) is 0 Å². The fraction of sp³-hybridized carbons (Fsp3) is 0. The lowest BCUT2D eigenvalue weighted by molar-refractivity contribution is 1.20. The van der Waals surface area contributed by atoms with Crippen LogP contribution in [0.5, 0.6) is 0 Å². The summed E-state index contributed by atoms with van der Waals surface area (Å²) in [5, 5.41) is 26.4. The minimum absolute atomic E-state index is 0.897. The Morgan fingerprint density at radius 1 is 0.159 bits per heavy atom. The van der Waals surface area contributed by atoms with Crippen LogP contribution < -0.4 is 0 Å². The number of fused-ring (bicyclic) bond motifs is 29. The average Bonchev–Trinajstić information content (AvgIpc) is 1.57. The zero-order valence-electron chi connectivity index (χ0n) is 77.5. The van der Waals surface area contributed by atoms with E-state index in [0.717, 1.165) is 221 Å². The molecule has 672 valence electrons. The van der Waals surface area contributed by atoms with Gasteiger partial charge >= 0.3 is 0 Å². The summed E-state index contributed by atoms with van der Waals surface area (Å²) in [6.45, 7) is 0. The van der Waals surface area contributed by atoms with Crippen LogP contribution in [0.4, 0.5) is 0 Å². The SMILES string of the molecule is c1ccc2c(-c3ccc(-c4ccc5c(c4)c4c6ccccc6ccc4n5-c4cc5cccnc5c5ncccc45)nc3)nccc2c1.c1ccc2c(c1)ccc1c2c2cc(-c3ccc(-c4cc5cccnc5c5ncccc45)cn3)ccc2n1-c1cc2cccnc2c2ncccc12.c1ccc2nc(-c3ccc(-c4ccc5c(c4)c4c6ccccc6ccc4n5-c4cc5cccnc5c5ncccc45)nc3)ccc2c1. The van der Waals surface area contributed by atoms with Gasteiger partial charge < -0.3 is 13.7 Å². The Kier molecular flexibility index (Phi) is 18.9. The summed E-state index contributed by atoms with van der Waals surface area (Å²) in [6.07, 6.45) is 22.4. The summed E-state index contributed by atoms with van der Waals surface area (Å²) in [6, 6.07) is 137. The molecule has 16 nitrogen and oxygen atoms in total. The van der Waals surface area contributed by atoms with Crippen molar-refractivity contribution in [1.82, 2.24) is 78.5 Å². The summed E-state index contributed by atoms with van der Waals surface area (Å²) < 4.78 is 7.17. The summed E-state index contributed by atoms with van der Waals surface area (Å²) in [5.41, 5.74) is 30.2. The lowest BCUT2D eigenvalue weighted by Crippen LogP contribution is -1.97. The summed E-state index contributed by atoms with van der Waals surface area (Å²) in [7, 11) is 0. The van der Waals surface area contributed by atoms with Gasteiger partial charge in [0.2, 0.25) is 0 Å². The van der Waals surface area contributed by atoms with Crippen molar-refractivity contribution in [2.24, 2.45) is 0 Å². The van der Waals surface area contributed by atoms with Crippen molar-refractivity contribution < 1.29 is 0 Å². The first-order chi connectivity index (χ1) is 71.9. The highest BCUT2D eigenvalue weighted by atomic mass is 15.0. The number of hydrogen-bond donors (Lipinski definition) is 0. The Bertz CT molecular complexity index is 10800. The van der Waals surface area contributed by atoms with Gasteiger partial charge in [-0.05, 0) is 237 Å². The van der Waals surface area contributed by atoms with Gasteiger partial charge in [-0.1, -0.05) is 194 Å². The van der Waals surface area contributed by atoms with Gasteiger partial charge in [0, 0.05) is 194 Å². The fourth-order valence-electron chi connectivity index (χ4n) is 22.2. The van der Waals surface area contributed by atoms with Crippen LogP contribution in [-0.2, 0) is 0 Å². The highest BCUT2D eigenvalue weighted by molar-refractivity contribution is 6.27. The average molecular weight is 1850 g/mol. The van der Waals surface area contributed by atoms with Crippen molar-refractivity contribution in [2.45, 2.75) is 0 Å². The first-order valence-corrected chi connectivity index (χ1v) is 48.4. The number of pyridine rings is 13. The van der Waals surface area contributed by atoms with E-state index in [1.54, 1.807) is 0 Å². The monoisotopic (exact) mass is 1850 g/mol. The van der Waals surface area contributed by atoms with Crippen molar-refractivity contribution in [3.8, 4) is 84.5 Å². The normalized spacial score (nSPS) is 11.9. The molecule has 0 saturated carbocycles.